The quantitative estimate of drug-likeness (QED) is 0.198. The van der Waals surface area contributed by atoms with Crippen LogP contribution in [-0.4, -0.2) is 35.7 Å². The van der Waals surface area contributed by atoms with Gasteiger partial charge in [0, 0.05) is 34.4 Å². The highest BCUT2D eigenvalue weighted by atomic mass is 16.7. The fraction of sp³-hybridized carbons (Fsp3) is 0.226. The van der Waals surface area contributed by atoms with Gasteiger partial charge in [-0.2, -0.15) is 0 Å². The first kappa shape index (κ1) is 24.6. The van der Waals surface area contributed by atoms with Crippen molar-refractivity contribution in [1.82, 2.24) is 4.98 Å². The highest BCUT2D eigenvalue weighted by molar-refractivity contribution is 6.52. The van der Waals surface area contributed by atoms with Gasteiger partial charge in [-0.3, -0.25) is 14.5 Å². The number of nitrogens with zero attached hydrogens (tertiary/aromatic N) is 1. The molecule has 0 aliphatic carbocycles. The first-order valence-electron chi connectivity index (χ1n) is 12.6. The van der Waals surface area contributed by atoms with Gasteiger partial charge in [-0.15, -0.1) is 0 Å². The first-order valence-corrected chi connectivity index (χ1v) is 12.6. The maximum Gasteiger partial charge on any atom is 0.300 e. The number of hydrogen-bond acceptors (Lipinski definition) is 6. The topological polar surface area (TPSA) is 101 Å². The number of aliphatic hydroxyl groups excluding tert-OH is 1. The number of anilines is 1. The summed E-state index contributed by atoms with van der Waals surface area (Å²) in [6.07, 6.45) is 1.78. The molecule has 2 aliphatic heterocycles. The molecule has 0 bridgehead atoms. The van der Waals surface area contributed by atoms with Gasteiger partial charge in [0.1, 0.15) is 11.5 Å². The minimum Gasteiger partial charge on any atom is -0.507 e. The predicted octanol–water partition coefficient (Wildman–Crippen LogP) is 5.83. The van der Waals surface area contributed by atoms with Gasteiger partial charge >= 0.3 is 0 Å². The normalized spacial score (nSPS) is 18.3. The predicted molar refractivity (Wildman–Crippen MR) is 147 cm³/mol. The lowest BCUT2D eigenvalue weighted by atomic mass is 9.85. The Balaban J connectivity index is 1.61. The number of para-hydroxylation sites is 1. The Bertz CT molecular complexity index is 1680. The number of aromatic nitrogens is 1. The Morgan fingerprint density at radius 1 is 1.03 bits per heavy atom. The molecule has 2 aliphatic rings. The number of aromatic amines is 1. The summed E-state index contributed by atoms with van der Waals surface area (Å²) in [6, 6.07) is 17.3. The van der Waals surface area contributed by atoms with Crippen LogP contribution in [0.1, 0.15) is 43.5 Å². The van der Waals surface area contributed by atoms with Crippen molar-refractivity contribution in [2.45, 2.75) is 32.2 Å². The monoisotopic (exact) mass is 524 g/mol. The lowest BCUT2D eigenvalue weighted by molar-refractivity contribution is -0.132. The number of aliphatic hydroxyl groups is 1. The van der Waals surface area contributed by atoms with E-state index >= 15 is 0 Å². The third-order valence-corrected chi connectivity index (χ3v) is 7.32. The molecule has 2 N–H and O–H groups in total. The van der Waals surface area contributed by atoms with Crippen LogP contribution in [0.4, 0.5) is 5.69 Å². The highest BCUT2D eigenvalue weighted by Gasteiger charge is 2.48. The Kier molecular flexibility index (Phi) is 5.64. The summed E-state index contributed by atoms with van der Waals surface area (Å²) in [6.45, 7) is 6.25. The van der Waals surface area contributed by atoms with Crippen LogP contribution in [0.2, 0.25) is 0 Å². The van der Waals surface area contributed by atoms with Crippen LogP contribution >= 0.6 is 0 Å². The maximum absolute atomic E-state index is 13.7. The molecule has 4 aromatic rings. The molecule has 8 heteroatoms. The van der Waals surface area contributed by atoms with Gasteiger partial charge in [0.25, 0.3) is 11.7 Å². The summed E-state index contributed by atoms with van der Waals surface area (Å²) < 4.78 is 16.6. The van der Waals surface area contributed by atoms with Crippen LogP contribution in [0.5, 0.6) is 17.2 Å². The Labute approximate surface area is 225 Å². The van der Waals surface area contributed by atoms with Crippen molar-refractivity contribution in [3.63, 3.8) is 0 Å². The van der Waals surface area contributed by atoms with Crippen LogP contribution in [-0.2, 0) is 15.0 Å². The van der Waals surface area contributed by atoms with E-state index in [0.29, 0.717) is 34.1 Å². The first-order chi connectivity index (χ1) is 18.7. The molecule has 0 saturated carbocycles. The number of hydrogen-bond donors (Lipinski definition) is 2. The molecule has 1 amide bonds. The average molecular weight is 525 g/mol. The van der Waals surface area contributed by atoms with Crippen molar-refractivity contribution in [3.05, 3.63) is 89.1 Å². The van der Waals surface area contributed by atoms with Crippen LogP contribution < -0.4 is 19.1 Å². The number of methoxy groups -OCH3 is 1. The van der Waals surface area contributed by atoms with E-state index in [2.05, 4.69) is 25.8 Å². The van der Waals surface area contributed by atoms with Crippen LogP contribution in [0.25, 0.3) is 16.7 Å². The van der Waals surface area contributed by atoms with Gasteiger partial charge in [0.2, 0.25) is 6.79 Å². The molecule has 1 aromatic heterocycles. The lowest BCUT2D eigenvalue weighted by Crippen LogP contribution is -2.29. The number of nitrogens with one attached hydrogen (secondary N) is 1. The van der Waals surface area contributed by atoms with Crippen molar-refractivity contribution in [1.29, 1.82) is 0 Å². The Hall–Kier alpha value is -4.72. The highest BCUT2D eigenvalue weighted by Crippen LogP contribution is 2.47. The van der Waals surface area contributed by atoms with E-state index in [1.807, 2.05) is 36.4 Å². The molecule has 0 spiro atoms. The van der Waals surface area contributed by atoms with Crippen molar-refractivity contribution < 1.29 is 28.9 Å². The van der Waals surface area contributed by atoms with Gasteiger partial charge in [0.05, 0.1) is 24.3 Å². The van der Waals surface area contributed by atoms with Crippen molar-refractivity contribution in [3.8, 4) is 17.2 Å². The summed E-state index contributed by atoms with van der Waals surface area (Å²) in [5.41, 5.74) is 3.01. The van der Waals surface area contributed by atoms with Gasteiger partial charge in [-0.05, 0) is 41.3 Å². The Morgan fingerprint density at radius 2 is 1.79 bits per heavy atom. The number of fused-ring (bicyclic) bond motifs is 2. The minimum absolute atomic E-state index is 0.0215. The molecule has 1 atom stereocenters. The number of carbonyl (C=O) groups excluding carboxylic acids is 2. The number of ketones is 1. The molecule has 0 radical (unpaired) electrons. The standard InChI is InChI=1S/C31H28N2O6/c1-31(2,3)17-9-11-23(37-4)20(13-17)28(34)26-27(21-15-32-22-8-6-5-7-19(21)22)33(30(36)29(26)35)18-10-12-24-25(14-18)39-16-38-24/h5-15,27,32,34H,16H2,1-4H3/b28-26+. The SMILES string of the molecule is COc1ccc(C(C)(C)C)cc1/C(O)=C1\C(=O)C(=O)N(c2ccc3c(c2)OCO3)C1c1c[nH]c2ccccc12. The molecular formula is C31H28N2O6. The van der Waals surface area contributed by atoms with Crippen LogP contribution in [0.3, 0.4) is 0 Å². The van der Waals surface area contributed by atoms with E-state index in [9.17, 15) is 14.7 Å². The smallest absolute Gasteiger partial charge is 0.300 e. The molecule has 1 unspecified atom stereocenters. The zero-order chi connectivity index (χ0) is 27.5. The number of Topliss-reactive ketones (excluding diaryl/α,β-unsaturated/α-hetero) is 1. The zero-order valence-electron chi connectivity index (χ0n) is 22.1. The lowest BCUT2D eigenvalue weighted by Gasteiger charge is -2.25. The second-order valence-corrected chi connectivity index (χ2v) is 10.7. The second-order valence-electron chi connectivity index (χ2n) is 10.7. The van der Waals surface area contributed by atoms with E-state index in [-0.39, 0.29) is 23.5 Å². The van der Waals surface area contributed by atoms with Gasteiger partial charge in [-0.25, -0.2) is 0 Å². The maximum atomic E-state index is 13.7. The van der Waals surface area contributed by atoms with E-state index < -0.39 is 17.7 Å². The second kappa shape index (κ2) is 8.94. The van der Waals surface area contributed by atoms with Crippen molar-refractivity contribution in [2.24, 2.45) is 0 Å². The van der Waals surface area contributed by atoms with Gasteiger partial charge in [-0.1, -0.05) is 45.0 Å². The van der Waals surface area contributed by atoms with Crippen molar-refractivity contribution in [2.75, 3.05) is 18.8 Å². The molecule has 6 rings (SSSR count). The molecular weight excluding hydrogens is 496 g/mol. The molecule has 8 nitrogen and oxygen atoms in total. The zero-order valence-corrected chi connectivity index (χ0v) is 22.1. The minimum atomic E-state index is -0.912. The molecule has 39 heavy (non-hydrogen) atoms. The molecule has 1 saturated heterocycles. The summed E-state index contributed by atoms with van der Waals surface area (Å²) in [7, 11) is 1.51. The number of rotatable bonds is 4. The number of benzene rings is 3. The van der Waals surface area contributed by atoms with E-state index in [1.165, 1.54) is 12.0 Å². The van der Waals surface area contributed by atoms with E-state index in [1.54, 1.807) is 30.5 Å². The van der Waals surface area contributed by atoms with E-state index in [0.717, 1.165) is 16.5 Å². The molecule has 198 valence electrons. The summed E-state index contributed by atoms with van der Waals surface area (Å²) >= 11 is 0. The average Bonchev–Trinajstić information content (AvgIpc) is 3.63. The Morgan fingerprint density at radius 3 is 2.56 bits per heavy atom. The molecule has 3 aromatic carbocycles. The molecule has 1 fully saturated rings. The fourth-order valence-electron chi connectivity index (χ4n) is 5.25. The number of carbonyl (C=O) groups is 2. The summed E-state index contributed by atoms with van der Waals surface area (Å²) in [5.74, 6) is -0.406. The molecule has 3 heterocycles. The number of H-pyrrole nitrogens is 1. The third-order valence-electron chi connectivity index (χ3n) is 7.32. The number of ether oxygens (including phenoxy) is 3. The van der Waals surface area contributed by atoms with Crippen LogP contribution in [0, 0.1) is 0 Å². The summed E-state index contributed by atoms with van der Waals surface area (Å²) in [4.78, 5) is 32.1. The number of amides is 1. The third kappa shape index (κ3) is 3.91. The van der Waals surface area contributed by atoms with Crippen molar-refractivity contribution >= 4 is 34.0 Å². The van der Waals surface area contributed by atoms with Gasteiger partial charge in [0.15, 0.2) is 11.5 Å². The van der Waals surface area contributed by atoms with Crippen LogP contribution in [0.15, 0.2) is 72.4 Å². The van der Waals surface area contributed by atoms with Gasteiger partial charge < -0.3 is 24.3 Å². The summed E-state index contributed by atoms with van der Waals surface area (Å²) in [5, 5.41) is 12.6. The fourth-order valence-corrected chi connectivity index (χ4v) is 5.25. The largest absolute Gasteiger partial charge is 0.507 e. The van der Waals surface area contributed by atoms with E-state index in [4.69, 9.17) is 14.2 Å².